The number of halogens is 1. The van der Waals surface area contributed by atoms with Crippen LogP contribution in [0.2, 0.25) is 0 Å². The third kappa shape index (κ3) is 4.32. The zero-order valence-electron chi connectivity index (χ0n) is 13.7. The minimum absolute atomic E-state index is 0.0465. The van der Waals surface area contributed by atoms with E-state index in [9.17, 15) is 9.18 Å². The molecule has 5 heteroatoms. The Balaban J connectivity index is 1.43. The van der Waals surface area contributed by atoms with Crippen LogP contribution in [0.1, 0.15) is 6.42 Å². The number of quaternary nitrogens is 1. The monoisotopic (exact) mass is 328 g/mol. The van der Waals surface area contributed by atoms with Gasteiger partial charge in [-0.15, -0.1) is 0 Å². The number of hydrogen-bond donors (Lipinski definition) is 2. The number of para-hydroxylation sites is 2. The Morgan fingerprint density at radius 3 is 2.42 bits per heavy atom. The van der Waals surface area contributed by atoms with E-state index in [-0.39, 0.29) is 11.7 Å². The molecule has 24 heavy (non-hydrogen) atoms. The number of amides is 1. The molecular weight excluding hydrogens is 305 g/mol. The summed E-state index contributed by atoms with van der Waals surface area (Å²) in [7, 11) is 0. The van der Waals surface area contributed by atoms with Gasteiger partial charge in [0.2, 0.25) is 5.91 Å². The number of nitrogens with zero attached hydrogens (tertiary/aromatic N) is 1. The molecule has 1 heterocycles. The second-order valence-corrected chi connectivity index (χ2v) is 6.10. The minimum atomic E-state index is -0.164. The average molecular weight is 328 g/mol. The highest BCUT2D eigenvalue weighted by atomic mass is 19.1. The molecule has 126 valence electrons. The van der Waals surface area contributed by atoms with E-state index in [1.165, 1.54) is 11.0 Å². The molecule has 2 N–H and O–H groups in total. The van der Waals surface area contributed by atoms with E-state index < -0.39 is 0 Å². The molecule has 0 aromatic heterocycles. The van der Waals surface area contributed by atoms with Crippen molar-refractivity contribution in [3.63, 3.8) is 0 Å². The second kappa shape index (κ2) is 7.93. The van der Waals surface area contributed by atoms with E-state index >= 15 is 0 Å². The van der Waals surface area contributed by atoms with Crippen LogP contribution >= 0.6 is 0 Å². The predicted molar refractivity (Wildman–Crippen MR) is 93.9 cm³/mol. The summed E-state index contributed by atoms with van der Waals surface area (Å²) in [5, 5.41) is 2.91. The molecule has 0 atom stereocenters. The van der Waals surface area contributed by atoms with Gasteiger partial charge in [0, 0.05) is 5.69 Å². The average Bonchev–Trinajstić information content (AvgIpc) is 2.62. The van der Waals surface area contributed by atoms with Gasteiger partial charge < -0.3 is 15.1 Å². The highest BCUT2D eigenvalue weighted by Gasteiger charge is 2.22. The molecule has 0 aliphatic carbocycles. The van der Waals surface area contributed by atoms with Crippen molar-refractivity contribution < 1.29 is 14.1 Å². The molecule has 0 bridgehead atoms. The molecule has 1 fully saturated rings. The molecule has 0 radical (unpaired) electrons. The van der Waals surface area contributed by atoms with Crippen LogP contribution in [0.15, 0.2) is 54.6 Å². The zero-order valence-corrected chi connectivity index (χ0v) is 13.7. The van der Waals surface area contributed by atoms with Gasteiger partial charge in [0.1, 0.15) is 5.82 Å². The van der Waals surface area contributed by atoms with Crippen molar-refractivity contribution >= 4 is 17.3 Å². The van der Waals surface area contributed by atoms with Gasteiger partial charge in [0.05, 0.1) is 44.8 Å². The van der Waals surface area contributed by atoms with Crippen LogP contribution in [0, 0.1) is 5.82 Å². The number of carbonyl (C=O) groups is 1. The first-order valence-electron chi connectivity index (χ1n) is 8.40. The van der Waals surface area contributed by atoms with E-state index in [0.29, 0.717) is 12.1 Å². The molecule has 2 aromatic carbocycles. The lowest BCUT2D eigenvalue weighted by Gasteiger charge is -2.33. The molecular formula is C19H23FN3O+. The van der Waals surface area contributed by atoms with Crippen molar-refractivity contribution in [1.82, 2.24) is 0 Å². The van der Waals surface area contributed by atoms with Gasteiger partial charge in [0.25, 0.3) is 0 Å². The standard InChI is InChI=1S/C19H22FN3O/c20-17-8-4-5-9-18(17)23-14-12-22(13-15-23)11-10-19(24)21-16-6-2-1-3-7-16/h1-9H,10-15H2,(H,21,24)/p+1. The number of hydrogen-bond acceptors (Lipinski definition) is 2. The van der Waals surface area contributed by atoms with Crippen molar-refractivity contribution in [3.05, 3.63) is 60.4 Å². The largest absolute Gasteiger partial charge is 0.358 e. The van der Waals surface area contributed by atoms with Gasteiger partial charge in [0.15, 0.2) is 0 Å². The van der Waals surface area contributed by atoms with Gasteiger partial charge in [-0.05, 0) is 24.3 Å². The Morgan fingerprint density at radius 2 is 1.71 bits per heavy atom. The Kier molecular flexibility index (Phi) is 5.43. The number of nitrogens with one attached hydrogen (secondary N) is 2. The van der Waals surface area contributed by atoms with Gasteiger partial charge in [-0.3, -0.25) is 4.79 Å². The summed E-state index contributed by atoms with van der Waals surface area (Å²) in [6.45, 7) is 4.29. The first kappa shape index (κ1) is 16.5. The van der Waals surface area contributed by atoms with E-state index in [2.05, 4.69) is 10.2 Å². The third-order valence-electron chi connectivity index (χ3n) is 4.43. The number of carbonyl (C=O) groups excluding carboxylic acids is 1. The molecule has 0 unspecified atom stereocenters. The molecule has 2 aromatic rings. The Bertz CT molecular complexity index is 669. The minimum Gasteiger partial charge on any atom is -0.358 e. The van der Waals surface area contributed by atoms with Crippen LogP contribution in [-0.4, -0.2) is 38.6 Å². The Morgan fingerprint density at radius 1 is 1.04 bits per heavy atom. The summed E-state index contributed by atoms with van der Waals surface area (Å²) < 4.78 is 13.8. The van der Waals surface area contributed by atoms with Crippen molar-refractivity contribution in [2.24, 2.45) is 0 Å². The lowest BCUT2D eigenvalue weighted by atomic mass is 10.2. The molecule has 1 aliphatic rings. The molecule has 0 saturated carbocycles. The molecule has 3 rings (SSSR count). The summed E-state index contributed by atoms with van der Waals surface area (Å²) in [4.78, 5) is 15.5. The fraction of sp³-hybridized carbons (Fsp3) is 0.316. The van der Waals surface area contributed by atoms with Crippen LogP contribution < -0.4 is 15.1 Å². The van der Waals surface area contributed by atoms with Crippen LogP contribution in [0.25, 0.3) is 0 Å². The maximum Gasteiger partial charge on any atom is 0.230 e. The van der Waals surface area contributed by atoms with Crippen molar-refractivity contribution in [1.29, 1.82) is 0 Å². The fourth-order valence-electron chi connectivity index (χ4n) is 3.06. The van der Waals surface area contributed by atoms with Crippen LogP contribution in [0.3, 0.4) is 0 Å². The maximum atomic E-state index is 13.8. The normalized spacial score (nSPS) is 15.3. The van der Waals surface area contributed by atoms with Gasteiger partial charge in [-0.2, -0.15) is 0 Å². The number of piperazine rings is 1. The molecule has 1 amide bonds. The first-order chi connectivity index (χ1) is 11.7. The second-order valence-electron chi connectivity index (χ2n) is 6.10. The van der Waals surface area contributed by atoms with Crippen LogP contribution in [0.4, 0.5) is 15.8 Å². The summed E-state index contributed by atoms with van der Waals surface area (Å²) in [6.07, 6.45) is 0.504. The first-order valence-corrected chi connectivity index (χ1v) is 8.40. The predicted octanol–water partition coefficient (Wildman–Crippen LogP) is 1.56. The number of rotatable bonds is 5. The van der Waals surface area contributed by atoms with Gasteiger partial charge in [-0.25, -0.2) is 4.39 Å². The molecule has 1 aliphatic heterocycles. The van der Waals surface area contributed by atoms with Crippen LogP contribution in [0.5, 0.6) is 0 Å². The van der Waals surface area contributed by atoms with Gasteiger partial charge >= 0.3 is 0 Å². The van der Waals surface area contributed by atoms with Crippen molar-refractivity contribution in [3.8, 4) is 0 Å². The SMILES string of the molecule is O=C(CC[NH+]1CCN(c2ccccc2F)CC1)Nc1ccccc1. The Labute approximate surface area is 141 Å². The molecule has 0 spiro atoms. The van der Waals surface area contributed by atoms with E-state index in [4.69, 9.17) is 0 Å². The molecule has 1 saturated heterocycles. The van der Waals surface area contributed by atoms with Gasteiger partial charge in [-0.1, -0.05) is 30.3 Å². The Hall–Kier alpha value is -2.40. The topological polar surface area (TPSA) is 36.8 Å². The van der Waals surface area contributed by atoms with E-state index in [1.807, 2.05) is 42.5 Å². The smallest absolute Gasteiger partial charge is 0.230 e. The third-order valence-corrected chi connectivity index (χ3v) is 4.43. The summed E-state index contributed by atoms with van der Waals surface area (Å²) in [5.74, 6) is -0.117. The highest BCUT2D eigenvalue weighted by molar-refractivity contribution is 5.90. The zero-order chi connectivity index (χ0) is 16.8. The quantitative estimate of drug-likeness (QED) is 0.874. The lowest BCUT2D eigenvalue weighted by Crippen LogP contribution is -3.15. The van der Waals surface area contributed by atoms with Crippen molar-refractivity contribution in [2.75, 3.05) is 42.9 Å². The van der Waals surface area contributed by atoms with Crippen LogP contribution in [-0.2, 0) is 4.79 Å². The fourth-order valence-corrected chi connectivity index (χ4v) is 3.06. The van der Waals surface area contributed by atoms with Crippen molar-refractivity contribution in [2.45, 2.75) is 6.42 Å². The number of benzene rings is 2. The molecule has 4 nitrogen and oxygen atoms in total. The summed E-state index contributed by atoms with van der Waals surface area (Å²) in [6, 6.07) is 16.4. The lowest BCUT2D eigenvalue weighted by molar-refractivity contribution is -0.900. The summed E-state index contributed by atoms with van der Waals surface area (Å²) >= 11 is 0. The van der Waals surface area contributed by atoms with E-state index in [1.54, 1.807) is 6.07 Å². The van der Waals surface area contributed by atoms with E-state index in [0.717, 1.165) is 38.4 Å². The summed E-state index contributed by atoms with van der Waals surface area (Å²) in [5.41, 5.74) is 1.51. The number of anilines is 2. The maximum absolute atomic E-state index is 13.8. The highest BCUT2D eigenvalue weighted by Crippen LogP contribution is 2.18.